The first-order valence-corrected chi connectivity index (χ1v) is 10.2. The molecule has 0 bridgehead atoms. The average molecular weight is 397 g/mol. The van der Waals surface area contributed by atoms with E-state index in [4.69, 9.17) is 16.3 Å². The standard InChI is InChI=1S/C18H21ClN2O4S/c1-4-17(18(22)20-16-8-6-5-7-15(16)19)25-14-11-9-13(10-12-14)21(2)26(3,23)24/h5-12,17H,4H2,1-3H3,(H,20,22)/t17-/m0/s1. The van der Waals surface area contributed by atoms with Gasteiger partial charge in [0.25, 0.3) is 5.91 Å². The van der Waals surface area contributed by atoms with Crippen LogP contribution in [0.3, 0.4) is 0 Å². The van der Waals surface area contributed by atoms with Gasteiger partial charge in [0, 0.05) is 7.05 Å². The highest BCUT2D eigenvalue weighted by Gasteiger charge is 2.20. The number of rotatable bonds is 7. The number of nitrogens with zero attached hydrogens (tertiary/aromatic N) is 1. The van der Waals surface area contributed by atoms with Crippen LogP contribution in [0.2, 0.25) is 5.02 Å². The molecule has 0 aliphatic rings. The van der Waals surface area contributed by atoms with Crippen molar-refractivity contribution >= 4 is 38.9 Å². The van der Waals surface area contributed by atoms with Gasteiger partial charge in [0.05, 0.1) is 22.7 Å². The topological polar surface area (TPSA) is 75.7 Å². The number of sulfonamides is 1. The van der Waals surface area contributed by atoms with Crippen LogP contribution in [-0.2, 0) is 14.8 Å². The van der Waals surface area contributed by atoms with Crippen LogP contribution in [0.1, 0.15) is 13.3 Å². The first-order chi connectivity index (χ1) is 12.2. The fraction of sp³-hybridized carbons (Fsp3) is 0.278. The lowest BCUT2D eigenvalue weighted by molar-refractivity contribution is -0.122. The molecule has 6 nitrogen and oxygen atoms in total. The molecule has 1 amide bonds. The fourth-order valence-electron chi connectivity index (χ4n) is 2.19. The Morgan fingerprint density at radius 2 is 1.81 bits per heavy atom. The van der Waals surface area contributed by atoms with Gasteiger partial charge < -0.3 is 10.1 Å². The molecule has 2 rings (SSSR count). The molecule has 8 heteroatoms. The van der Waals surface area contributed by atoms with Gasteiger partial charge in [-0.15, -0.1) is 0 Å². The Morgan fingerprint density at radius 3 is 2.35 bits per heavy atom. The molecule has 0 heterocycles. The van der Waals surface area contributed by atoms with Crippen molar-refractivity contribution in [2.45, 2.75) is 19.4 Å². The molecule has 1 N–H and O–H groups in total. The molecular weight excluding hydrogens is 376 g/mol. The van der Waals surface area contributed by atoms with Crippen molar-refractivity contribution in [1.29, 1.82) is 0 Å². The molecule has 0 fully saturated rings. The lowest BCUT2D eigenvalue weighted by atomic mass is 10.2. The van der Waals surface area contributed by atoms with Crippen molar-refractivity contribution in [1.82, 2.24) is 0 Å². The molecule has 2 aromatic carbocycles. The molecule has 2 aromatic rings. The van der Waals surface area contributed by atoms with Crippen LogP contribution in [0, 0.1) is 0 Å². The number of ether oxygens (including phenoxy) is 1. The van der Waals surface area contributed by atoms with Gasteiger partial charge in [-0.3, -0.25) is 9.10 Å². The molecule has 0 aliphatic carbocycles. The van der Waals surface area contributed by atoms with Gasteiger partial charge in [-0.05, 0) is 42.8 Å². The number of para-hydroxylation sites is 1. The van der Waals surface area contributed by atoms with Crippen LogP contribution in [0.25, 0.3) is 0 Å². The van der Waals surface area contributed by atoms with Crippen LogP contribution in [0.4, 0.5) is 11.4 Å². The Morgan fingerprint density at radius 1 is 1.19 bits per heavy atom. The average Bonchev–Trinajstić information content (AvgIpc) is 2.60. The molecule has 0 unspecified atom stereocenters. The number of benzene rings is 2. The fourth-order valence-corrected chi connectivity index (χ4v) is 2.88. The molecule has 0 saturated carbocycles. The number of hydrogen-bond acceptors (Lipinski definition) is 4. The zero-order chi connectivity index (χ0) is 19.3. The lowest BCUT2D eigenvalue weighted by Crippen LogP contribution is -2.32. The Labute approximate surface area is 158 Å². The van der Waals surface area contributed by atoms with Gasteiger partial charge >= 0.3 is 0 Å². The minimum atomic E-state index is -3.33. The SMILES string of the molecule is CC[C@H](Oc1ccc(N(C)S(C)(=O)=O)cc1)C(=O)Nc1ccccc1Cl. The molecule has 0 aliphatic heterocycles. The van der Waals surface area contributed by atoms with E-state index in [0.29, 0.717) is 28.6 Å². The smallest absolute Gasteiger partial charge is 0.265 e. The monoisotopic (exact) mass is 396 g/mol. The van der Waals surface area contributed by atoms with Crippen molar-refractivity contribution in [3.8, 4) is 5.75 Å². The minimum Gasteiger partial charge on any atom is -0.481 e. The normalized spacial score (nSPS) is 12.3. The Hall–Kier alpha value is -2.25. The lowest BCUT2D eigenvalue weighted by Gasteiger charge is -2.19. The summed E-state index contributed by atoms with van der Waals surface area (Å²) in [4.78, 5) is 12.4. The maximum atomic E-state index is 12.4. The van der Waals surface area contributed by atoms with Crippen molar-refractivity contribution in [2.75, 3.05) is 22.9 Å². The van der Waals surface area contributed by atoms with E-state index in [9.17, 15) is 13.2 Å². The highest BCUT2D eigenvalue weighted by Crippen LogP contribution is 2.23. The summed E-state index contributed by atoms with van der Waals surface area (Å²) in [6.07, 6.45) is 0.884. The van der Waals surface area contributed by atoms with Gasteiger partial charge in [-0.1, -0.05) is 30.7 Å². The van der Waals surface area contributed by atoms with E-state index >= 15 is 0 Å². The van der Waals surface area contributed by atoms with Crippen LogP contribution >= 0.6 is 11.6 Å². The molecule has 0 saturated heterocycles. The van der Waals surface area contributed by atoms with E-state index in [1.807, 2.05) is 6.92 Å². The van der Waals surface area contributed by atoms with Crippen molar-refractivity contribution in [2.24, 2.45) is 0 Å². The summed E-state index contributed by atoms with van der Waals surface area (Å²) in [5, 5.41) is 3.20. The summed E-state index contributed by atoms with van der Waals surface area (Å²) < 4.78 is 30.0. The van der Waals surface area contributed by atoms with E-state index in [2.05, 4.69) is 5.32 Å². The van der Waals surface area contributed by atoms with Crippen LogP contribution in [-0.4, -0.2) is 33.7 Å². The molecular formula is C18H21ClN2O4S. The third-order valence-electron chi connectivity index (χ3n) is 3.77. The van der Waals surface area contributed by atoms with Gasteiger partial charge in [0.15, 0.2) is 6.10 Å². The number of halogens is 1. The quantitative estimate of drug-likeness (QED) is 0.776. The molecule has 26 heavy (non-hydrogen) atoms. The van der Waals surface area contributed by atoms with E-state index in [-0.39, 0.29) is 5.91 Å². The van der Waals surface area contributed by atoms with Crippen LogP contribution in [0.15, 0.2) is 48.5 Å². The first-order valence-electron chi connectivity index (χ1n) is 7.98. The minimum absolute atomic E-state index is 0.307. The highest BCUT2D eigenvalue weighted by molar-refractivity contribution is 7.92. The largest absolute Gasteiger partial charge is 0.481 e. The highest BCUT2D eigenvalue weighted by atomic mass is 35.5. The maximum Gasteiger partial charge on any atom is 0.265 e. The summed E-state index contributed by atoms with van der Waals surface area (Å²) in [7, 11) is -1.86. The summed E-state index contributed by atoms with van der Waals surface area (Å²) in [5.74, 6) is 0.162. The van der Waals surface area contributed by atoms with Crippen LogP contribution < -0.4 is 14.4 Å². The molecule has 1 atom stereocenters. The number of amides is 1. The summed E-state index contributed by atoms with van der Waals surface area (Å²) in [5.41, 5.74) is 1.03. The first kappa shape index (κ1) is 20.1. The Kier molecular flexibility index (Phi) is 6.50. The number of anilines is 2. The summed E-state index contributed by atoms with van der Waals surface area (Å²) in [6, 6.07) is 13.5. The van der Waals surface area contributed by atoms with E-state index in [1.165, 1.54) is 7.05 Å². The van der Waals surface area contributed by atoms with Gasteiger partial charge in [-0.2, -0.15) is 0 Å². The second-order valence-corrected chi connectivity index (χ2v) is 8.13. The van der Waals surface area contributed by atoms with Crippen molar-refractivity contribution in [3.63, 3.8) is 0 Å². The molecule has 0 spiro atoms. The zero-order valence-electron chi connectivity index (χ0n) is 14.8. The third-order valence-corrected chi connectivity index (χ3v) is 5.31. The second kappa shape index (κ2) is 8.42. The van der Waals surface area contributed by atoms with Gasteiger partial charge in [-0.25, -0.2) is 8.42 Å². The van der Waals surface area contributed by atoms with Crippen LogP contribution in [0.5, 0.6) is 5.75 Å². The number of nitrogens with one attached hydrogen (secondary N) is 1. The maximum absolute atomic E-state index is 12.4. The molecule has 0 radical (unpaired) electrons. The number of carbonyl (C=O) groups is 1. The third kappa shape index (κ3) is 5.12. The summed E-state index contributed by atoms with van der Waals surface area (Å²) in [6.45, 7) is 1.84. The summed E-state index contributed by atoms with van der Waals surface area (Å²) >= 11 is 6.05. The second-order valence-electron chi connectivity index (χ2n) is 5.71. The van der Waals surface area contributed by atoms with Crippen molar-refractivity contribution < 1.29 is 17.9 Å². The predicted octanol–water partition coefficient (Wildman–Crippen LogP) is 3.53. The van der Waals surface area contributed by atoms with E-state index < -0.39 is 16.1 Å². The molecule has 0 aromatic heterocycles. The zero-order valence-corrected chi connectivity index (χ0v) is 16.3. The predicted molar refractivity (Wildman–Crippen MR) is 104 cm³/mol. The number of carbonyl (C=O) groups excluding carboxylic acids is 1. The number of hydrogen-bond donors (Lipinski definition) is 1. The molecule has 140 valence electrons. The van der Waals surface area contributed by atoms with Crippen molar-refractivity contribution in [3.05, 3.63) is 53.6 Å². The Bertz CT molecular complexity index is 869. The van der Waals surface area contributed by atoms with E-state index in [1.54, 1.807) is 48.5 Å². The Balaban J connectivity index is 2.07. The van der Waals surface area contributed by atoms with Gasteiger partial charge in [0.1, 0.15) is 5.75 Å². The van der Waals surface area contributed by atoms with E-state index in [0.717, 1.165) is 10.6 Å². The van der Waals surface area contributed by atoms with Gasteiger partial charge in [0.2, 0.25) is 10.0 Å².